The van der Waals surface area contributed by atoms with Crippen LogP contribution in [-0.4, -0.2) is 0 Å². The molecule has 0 N–H and O–H groups in total. The Hall–Kier alpha value is -2.75. The highest BCUT2D eigenvalue weighted by Gasteiger charge is 2.34. The van der Waals surface area contributed by atoms with Crippen LogP contribution in [0, 0.1) is 5.82 Å². The van der Waals surface area contributed by atoms with Gasteiger partial charge in [0.05, 0.1) is 5.56 Å². The summed E-state index contributed by atoms with van der Waals surface area (Å²) < 4.78 is 47.8. The number of rotatable bonds is 5. The molecule has 0 spiro atoms. The van der Waals surface area contributed by atoms with Crippen LogP contribution in [0.4, 0.5) is 13.2 Å². The van der Waals surface area contributed by atoms with E-state index in [1.807, 2.05) is 6.92 Å². The van der Waals surface area contributed by atoms with E-state index < -0.39 is 11.9 Å². The lowest BCUT2D eigenvalue weighted by Gasteiger charge is -2.19. The molecule has 3 aromatic rings. The summed E-state index contributed by atoms with van der Waals surface area (Å²) in [5, 5.41) is 1.26. The third-order valence-corrected chi connectivity index (χ3v) is 4.22. The molecule has 0 saturated carbocycles. The van der Waals surface area contributed by atoms with Crippen LogP contribution in [-0.2, 0) is 12.5 Å². The molecule has 0 aromatic heterocycles. The van der Waals surface area contributed by atoms with Crippen LogP contribution in [0.3, 0.4) is 0 Å². The highest BCUT2D eigenvalue weighted by Crippen LogP contribution is 2.33. The molecule has 3 rings (SSSR count). The SMILES string of the molecule is C/C=C/c1cc2ccc(OC(F)(F)c3ccc(CC)cc3)cc2cc1F. The fourth-order valence-corrected chi connectivity index (χ4v) is 2.78. The molecule has 0 aliphatic heterocycles. The van der Waals surface area contributed by atoms with Crippen molar-refractivity contribution in [2.45, 2.75) is 26.4 Å². The van der Waals surface area contributed by atoms with Gasteiger partial charge < -0.3 is 4.74 Å². The molecule has 0 atom stereocenters. The lowest BCUT2D eigenvalue weighted by atomic mass is 10.1. The van der Waals surface area contributed by atoms with E-state index in [0.29, 0.717) is 10.9 Å². The van der Waals surface area contributed by atoms with Gasteiger partial charge in [-0.1, -0.05) is 37.3 Å². The number of alkyl halides is 2. The van der Waals surface area contributed by atoms with Gasteiger partial charge >= 0.3 is 6.11 Å². The summed E-state index contributed by atoms with van der Waals surface area (Å²) in [5.74, 6) is -0.421. The maximum absolute atomic E-state index is 14.4. The number of aryl methyl sites for hydroxylation is 1. The maximum Gasteiger partial charge on any atom is 0.426 e. The number of allylic oxidation sites excluding steroid dienone is 1. The van der Waals surface area contributed by atoms with E-state index in [2.05, 4.69) is 0 Å². The number of hydrogen-bond acceptors (Lipinski definition) is 1. The predicted octanol–water partition coefficient (Wildman–Crippen LogP) is 6.70. The fraction of sp³-hybridized carbons (Fsp3) is 0.182. The number of halogens is 3. The Labute approximate surface area is 150 Å². The summed E-state index contributed by atoms with van der Waals surface area (Å²) in [6.07, 6.45) is 0.709. The van der Waals surface area contributed by atoms with Gasteiger partial charge in [0.15, 0.2) is 0 Å². The quantitative estimate of drug-likeness (QED) is 0.494. The molecule has 0 aliphatic rings. The average Bonchev–Trinajstić information content (AvgIpc) is 2.62. The van der Waals surface area contributed by atoms with Crippen LogP contribution in [0.2, 0.25) is 0 Å². The molecule has 3 aromatic carbocycles. The molecule has 0 saturated heterocycles. The highest BCUT2D eigenvalue weighted by atomic mass is 19.3. The summed E-state index contributed by atoms with van der Waals surface area (Å²) in [6, 6.07) is 13.6. The fourth-order valence-electron chi connectivity index (χ4n) is 2.78. The molecule has 0 heterocycles. The van der Waals surface area contributed by atoms with Crippen molar-refractivity contribution in [3.05, 3.63) is 83.2 Å². The second-order valence-electron chi connectivity index (χ2n) is 6.05. The molecule has 134 valence electrons. The molecule has 26 heavy (non-hydrogen) atoms. The van der Waals surface area contributed by atoms with E-state index in [-0.39, 0.29) is 11.3 Å². The van der Waals surface area contributed by atoms with Gasteiger partial charge in [-0.3, -0.25) is 0 Å². The summed E-state index contributed by atoms with van der Waals surface area (Å²) in [7, 11) is 0. The Bertz CT molecular complexity index is 944. The van der Waals surface area contributed by atoms with E-state index in [1.165, 1.54) is 30.3 Å². The van der Waals surface area contributed by atoms with Crippen molar-refractivity contribution in [2.24, 2.45) is 0 Å². The molecule has 0 fully saturated rings. The second kappa shape index (κ2) is 7.24. The van der Waals surface area contributed by atoms with Crippen molar-refractivity contribution < 1.29 is 17.9 Å². The van der Waals surface area contributed by atoms with Gasteiger partial charge in [-0.2, -0.15) is 8.78 Å². The third-order valence-electron chi connectivity index (χ3n) is 4.22. The van der Waals surface area contributed by atoms with Crippen LogP contribution in [0.5, 0.6) is 5.75 Å². The van der Waals surface area contributed by atoms with Crippen LogP contribution in [0.25, 0.3) is 16.8 Å². The van der Waals surface area contributed by atoms with Crippen LogP contribution >= 0.6 is 0 Å². The van der Waals surface area contributed by atoms with Gasteiger partial charge in [-0.05, 0) is 66.1 Å². The molecule has 0 amide bonds. The van der Waals surface area contributed by atoms with Crippen molar-refractivity contribution in [2.75, 3.05) is 0 Å². The molecular formula is C22H19F3O. The van der Waals surface area contributed by atoms with Crippen molar-refractivity contribution >= 4 is 16.8 Å². The Balaban J connectivity index is 1.90. The molecule has 0 radical (unpaired) electrons. The highest BCUT2D eigenvalue weighted by molar-refractivity contribution is 5.86. The van der Waals surface area contributed by atoms with Crippen molar-refractivity contribution in [3.63, 3.8) is 0 Å². The lowest BCUT2D eigenvalue weighted by Crippen LogP contribution is -2.21. The molecule has 0 unspecified atom stereocenters. The number of benzene rings is 3. The smallest absolute Gasteiger partial charge is 0.426 e. The summed E-state index contributed by atoms with van der Waals surface area (Å²) in [4.78, 5) is 0. The summed E-state index contributed by atoms with van der Waals surface area (Å²) >= 11 is 0. The van der Waals surface area contributed by atoms with Gasteiger partial charge in [-0.25, -0.2) is 4.39 Å². The Morgan fingerprint density at radius 2 is 1.69 bits per heavy atom. The summed E-state index contributed by atoms with van der Waals surface area (Å²) in [6.45, 7) is 3.76. The Morgan fingerprint density at radius 3 is 2.35 bits per heavy atom. The lowest BCUT2D eigenvalue weighted by molar-refractivity contribution is -0.185. The zero-order chi connectivity index (χ0) is 18.7. The first-order valence-corrected chi connectivity index (χ1v) is 8.45. The minimum absolute atomic E-state index is 0.0137. The number of hydrogen-bond donors (Lipinski definition) is 0. The van der Waals surface area contributed by atoms with Gasteiger partial charge in [-0.15, -0.1) is 0 Å². The van der Waals surface area contributed by atoms with Crippen LogP contribution in [0.1, 0.15) is 30.5 Å². The molecule has 1 nitrogen and oxygen atoms in total. The van der Waals surface area contributed by atoms with Crippen molar-refractivity contribution in [1.82, 2.24) is 0 Å². The third kappa shape index (κ3) is 3.74. The monoisotopic (exact) mass is 356 g/mol. The minimum Gasteiger partial charge on any atom is -0.429 e. The van der Waals surface area contributed by atoms with Gasteiger partial charge in [0.1, 0.15) is 11.6 Å². The summed E-state index contributed by atoms with van der Waals surface area (Å²) in [5.41, 5.74) is 1.21. The first-order valence-electron chi connectivity index (χ1n) is 8.45. The number of fused-ring (bicyclic) bond motifs is 1. The standard InChI is InChI=1S/C22H19F3O/c1-3-5-17-12-16-8-11-20(13-18(16)14-21(17)23)26-22(24,25)19-9-6-15(4-2)7-10-19/h3,5-14H,4H2,1-2H3/b5-3+. The van der Waals surface area contributed by atoms with E-state index in [0.717, 1.165) is 17.4 Å². The van der Waals surface area contributed by atoms with E-state index >= 15 is 0 Å². The maximum atomic E-state index is 14.4. The van der Waals surface area contributed by atoms with Crippen molar-refractivity contribution in [3.8, 4) is 5.75 Å². The van der Waals surface area contributed by atoms with E-state index in [1.54, 1.807) is 43.3 Å². The topological polar surface area (TPSA) is 9.23 Å². The van der Waals surface area contributed by atoms with E-state index in [4.69, 9.17) is 4.74 Å². The van der Waals surface area contributed by atoms with Gasteiger partial charge in [0, 0.05) is 5.56 Å². The molecular weight excluding hydrogens is 337 g/mol. The second-order valence-corrected chi connectivity index (χ2v) is 6.05. The zero-order valence-corrected chi connectivity index (χ0v) is 14.6. The largest absolute Gasteiger partial charge is 0.429 e. The van der Waals surface area contributed by atoms with Crippen LogP contribution in [0.15, 0.2) is 60.7 Å². The Kier molecular flexibility index (Phi) is 5.03. The molecule has 4 heteroatoms. The van der Waals surface area contributed by atoms with Gasteiger partial charge in [0.25, 0.3) is 0 Å². The predicted molar refractivity (Wildman–Crippen MR) is 99.0 cm³/mol. The normalized spacial score (nSPS) is 12.0. The Morgan fingerprint density at radius 1 is 0.962 bits per heavy atom. The molecule has 0 aliphatic carbocycles. The first-order chi connectivity index (χ1) is 12.4. The first kappa shape index (κ1) is 18.1. The minimum atomic E-state index is -3.47. The van der Waals surface area contributed by atoms with Crippen LogP contribution < -0.4 is 4.74 Å². The van der Waals surface area contributed by atoms with E-state index in [9.17, 15) is 13.2 Å². The number of ether oxygens (including phenoxy) is 1. The zero-order valence-electron chi connectivity index (χ0n) is 14.6. The average molecular weight is 356 g/mol. The van der Waals surface area contributed by atoms with Gasteiger partial charge in [0.2, 0.25) is 0 Å². The molecule has 0 bridgehead atoms. The van der Waals surface area contributed by atoms with Crippen molar-refractivity contribution in [1.29, 1.82) is 0 Å².